The van der Waals surface area contributed by atoms with Crippen LogP contribution in [0.2, 0.25) is 0 Å². The monoisotopic (exact) mass is 500 g/mol. The summed E-state index contributed by atoms with van der Waals surface area (Å²) < 4.78 is 67.6. The van der Waals surface area contributed by atoms with E-state index in [9.17, 15) is 26.7 Å². The lowest BCUT2D eigenvalue weighted by molar-refractivity contribution is -0.120. The lowest BCUT2D eigenvalue weighted by Gasteiger charge is -2.40. The van der Waals surface area contributed by atoms with Gasteiger partial charge in [-0.15, -0.1) is 10.2 Å². The van der Waals surface area contributed by atoms with Gasteiger partial charge in [0, 0.05) is 10.5 Å². The average Bonchev–Trinajstić information content (AvgIpc) is 3.17. The van der Waals surface area contributed by atoms with Crippen molar-refractivity contribution < 1.29 is 26.7 Å². The van der Waals surface area contributed by atoms with E-state index in [1.165, 1.54) is 12.1 Å². The number of carbonyl (C=O) groups excluding carboxylic acids is 1. The smallest absolute Gasteiger partial charge is 0.296 e. The Hall–Kier alpha value is -2.57. The van der Waals surface area contributed by atoms with Gasteiger partial charge in [-0.3, -0.25) is 14.8 Å². The summed E-state index contributed by atoms with van der Waals surface area (Å²) in [5.74, 6) is -1.99. The summed E-state index contributed by atoms with van der Waals surface area (Å²) in [6, 6.07) is 9.86. The van der Waals surface area contributed by atoms with E-state index in [-0.39, 0.29) is 21.4 Å². The minimum absolute atomic E-state index is 0.116. The van der Waals surface area contributed by atoms with Crippen molar-refractivity contribution in [2.75, 3.05) is 11.9 Å². The molecule has 1 aliphatic carbocycles. The Morgan fingerprint density at radius 2 is 1.85 bits per heavy atom. The van der Waals surface area contributed by atoms with E-state index < -0.39 is 29.9 Å². The first-order valence-electron chi connectivity index (χ1n) is 9.84. The average molecular weight is 501 g/mol. The Labute approximate surface area is 193 Å². The molecule has 0 bridgehead atoms. The number of nitrogens with zero attached hydrogens (tertiary/aromatic N) is 2. The van der Waals surface area contributed by atoms with Crippen molar-refractivity contribution >= 4 is 34.3 Å². The quantitative estimate of drug-likeness (QED) is 0.322. The van der Waals surface area contributed by atoms with Gasteiger partial charge < -0.3 is 0 Å². The van der Waals surface area contributed by atoms with Gasteiger partial charge in [0.05, 0.1) is 11.0 Å². The third-order valence-electron chi connectivity index (χ3n) is 5.30. The summed E-state index contributed by atoms with van der Waals surface area (Å²) in [6.45, 7) is -1.24. The Kier molecular flexibility index (Phi) is 6.68. The summed E-state index contributed by atoms with van der Waals surface area (Å²) in [7, 11) is 0. The van der Waals surface area contributed by atoms with Crippen LogP contribution in [0.15, 0.2) is 47.4 Å². The molecule has 2 N–H and O–H groups in total. The normalized spacial score (nSPS) is 15.2. The molecule has 3 aromatic rings. The molecule has 1 amide bonds. The van der Waals surface area contributed by atoms with Crippen molar-refractivity contribution in [1.29, 1.82) is 0 Å². The molecule has 1 aromatic heterocycles. The molecule has 1 fully saturated rings. The third kappa shape index (κ3) is 5.17. The number of hydrogen-bond acceptors (Lipinski definition) is 6. The fraction of sp³-hybridized carbons (Fsp3) is 0.286. The van der Waals surface area contributed by atoms with Gasteiger partial charge in [0.1, 0.15) is 23.2 Å². The van der Waals surface area contributed by atoms with Crippen LogP contribution >= 0.6 is 23.3 Å². The van der Waals surface area contributed by atoms with E-state index in [4.69, 9.17) is 0 Å². The standard InChI is InChI=1S/C21H17F5N4OS2/c22-15-7-6-12(33-27-11-21(24,25)26)10-13(15)17(31)28-19-30-29-18(32-19)20(8-3-9-20)14-4-1-2-5-16(14)23/h1-2,4-7,10,27H,3,8-9,11H2,(H,28,30,31). The van der Waals surface area contributed by atoms with Crippen molar-refractivity contribution in [2.45, 2.75) is 35.7 Å². The molecule has 174 valence electrons. The first kappa shape index (κ1) is 23.6. The lowest BCUT2D eigenvalue weighted by Crippen LogP contribution is -2.36. The fourth-order valence-corrected chi connectivity index (χ4v) is 5.27. The van der Waals surface area contributed by atoms with Crippen LogP contribution in [0.25, 0.3) is 0 Å². The highest BCUT2D eigenvalue weighted by atomic mass is 32.2. The number of benzene rings is 2. The van der Waals surface area contributed by atoms with E-state index in [2.05, 4.69) is 20.2 Å². The van der Waals surface area contributed by atoms with Gasteiger partial charge in [-0.2, -0.15) is 13.2 Å². The zero-order chi connectivity index (χ0) is 23.6. The number of aromatic nitrogens is 2. The molecule has 1 heterocycles. The van der Waals surface area contributed by atoms with E-state index in [0.717, 1.165) is 29.9 Å². The Bertz CT molecular complexity index is 1160. The third-order valence-corrected chi connectivity index (χ3v) is 7.12. The lowest BCUT2D eigenvalue weighted by atomic mass is 9.65. The molecule has 0 aliphatic heterocycles. The van der Waals surface area contributed by atoms with Crippen molar-refractivity contribution in [1.82, 2.24) is 14.9 Å². The molecule has 1 saturated carbocycles. The van der Waals surface area contributed by atoms with E-state index >= 15 is 0 Å². The molecule has 0 unspecified atom stereocenters. The highest BCUT2D eigenvalue weighted by Gasteiger charge is 2.45. The largest absolute Gasteiger partial charge is 0.402 e. The van der Waals surface area contributed by atoms with E-state index in [0.29, 0.717) is 35.4 Å². The molecule has 33 heavy (non-hydrogen) atoms. The van der Waals surface area contributed by atoms with Gasteiger partial charge in [-0.1, -0.05) is 36.0 Å². The number of nitrogens with one attached hydrogen (secondary N) is 2. The van der Waals surface area contributed by atoms with Crippen LogP contribution < -0.4 is 10.0 Å². The minimum atomic E-state index is -4.40. The van der Waals surface area contributed by atoms with Crippen molar-refractivity contribution in [3.63, 3.8) is 0 Å². The summed E-state index contributed by atoms with van der Waals surface area (Å²) in [5.41, 5.74) is -0.441. The minimum Gasteiger partial charge on any atom is -0.296 e. The first-order valence-corrected chi connectivity index (χ1v) is 11.5. The molecule has 12 heteroatoms. The second-order valence-corrected chi connectivity index (χ2v) is 9.40. The molecule has 0 radical (unpaired) electrons. The highest BCUT2D eigenvalue weighted by molar-refractivity contribution is 7.97. The van der Waals surface area contributed by atoms with Crippen LogP contribution in [0, 0.1) is 11.6 Å². The van der Waals surface area contributed by atoms with Crippen molar-refractivity contribution in [3.05, 3.63) is 70.2 Å². The zero-order valence-corrected chi connectivity index (χ0v) is 18.5. The fourth-order valence-electron chi connectivity index (χ4n) is 3.55. The Morgan fingerprint density at radius 3 is 2.52 bits per heavy atom. The number of amides is 1. The number of carbonyl (C=O) groups is 1. The number of hydrogen-bond donors (Lipinski definition) is 2. The molecule has 2 aromatic carbocycles. The van der Waals surface area contributed by atoms with Gasteiger partial charge in [-0.25, -0.2) is 8.78 Å². The van der Waals surface area contributed by atoms with Crippen LogP contribution in [0.5, 0.6) is 0 Å². The second kappa shape index (κ2) is 9.35. The number of rotatable bonds is 7. The Balaban J connectivity index is 1.49. The van der Waals surface area contributed by atoms with Gasteiger partial charge >= 0.3 is 6.18 Å². The number of halogens is 5. The van der Waals surface area contributed by atoms with Gasteiger partial charge in [0.15, 0.2) is 0 Å². The SMILES string of the molecule is O=C(Nc1nnc(C2(c3ccccc3F)CCC2)s1)c1cc(SNCC(F)(F)F)ccc1F. The molecular weight excluding hydrogens is 483 g/mol. The molecule has 0 spiro atoms. The summed E-state index contributed by atoms with van der Waals surface area (Å²) in [6.07, 6.45) is -2.12. The van der Waals surface area contributed by atoms with E-state index in [1.807, 2.05) is 0 Å². The van der Waals surface area contributed by atoms with Crippen LogP contribution in [-0.4, -0.2) is 28.8 Å². The second-order valence-electron chi connectivity index (χ2n) is 7.46. The van der Waals surface area contributed by atoms with Crippen LogP contribution in [0.3, 0.4) is 0 Å². The maximum Gasteiger partial charge on any atom is 0.402 e. The number of anilines is 1. The maximum absolute atomic E-state index is 14.4. The summed E-state index contributed by atoms with van der Waals surface area (Å²) in [5, 5.41) is 11.3. The molecule has 5 nitrogen and oxygen atoms in total. The van der Waals surface area contributed by atoms with Crippen LogP contribution in [0.1, 0.15) is 40.2 Å². The number of alkyl halides is 3. The van der Waals surface area contributed by atoms with Crippen molar-refractivity contribution in [2.24, 2.45) is 0 Å². The molecule has 1 aliphatic rings. The van der Waals surface area contributed by atoms with E-state index in [1.54, 1.807) is 18.2 Å². The maximum atomic E-state index is 14.4. The topological polar surface area (TPSA) is 66.9 Å². The Morgan fingerprint density at radius 1 is 1.09 bits per heavy atom. The zero-order valence-electron chi connectivity index (χ0n) is 16.9. The molecule has 0 atom stereocenters. The first-order chi connectivity index (χ1) is 15.7. The summed E-state index contributed by atoms with van der Waals surface area (Å²) in [4.78, 5) is 12.8. The van der Waals surface area contributed by atoms with Gasteiger partial charge in [0.2, 0.25) is 5.13 Å². The predicted molar refractivity (Wildman–Crippen MR) is 115 cm³/mol. The highest BCUT2D eigenvalue weighted by Crippen LogP contribution is 2.50. The summed E-state index contributed by atoms with van der Waals surface area (Å²) >= 11 is 1.72. The molecule has 4 rings (SSSR count). The van der Waals surface area contributed by atoms with Crippen LogP contribution in [0.4, 0.5) is 27.1 Å². The molecule has 0 saturated heterocycles. The molecular formula is C21H17F5N4OS2. The van der Waals surface area contributed by atoms with Crippen LogP contribution in [-0.2, 0) is 5.41 Å². The van der Waals surface area contributed by atoms with Crippen molar-refractivity contribution in [3.8, 4) is 0 Å². The van der Waals surface area contributed by atoms with Gasteiger partial charge in [0.25, 0.3) is 5.91 Å². The van der Waals surface area contributed by atoms with Gasteiger partial charge in [-0.05, 0) is 49.1 Å². The predicted octanol–water partition coefficient (Wildman–Crippen LogP) is 5.70.